The number of aromatic nitrogens is 3. The molecule has 1 aromatic carbocycles. The van der Waals surface area contributed by atoms with Gasteiger partial charge in [-0.2, -0.15) is 15.0 Å². The van der Waals surface area contributed by atoms with Gasteiger partial charge in [0.1, 0.15) is 17.2 Å². The minimum absolute atomic E-state index is 0.0363. The van der Waals surface area contributed by atoms with Gasteiger partial charge in [0.25, 0.3) is 0 Å². The van der Waals surface area contributed by atoms with E-state index in [-0.39, 0.29) is 11.3 Å². The van der Waals surface area contributed by atoms with E-state index in [1.54, 1.807) is 39.5 Å². The lowest BCUT2D eigenvalue weighted by Crippen LogP contribution is -2.01. The number of hydrogen-bond acceptors (Lipinski definition) is 7. The van der Waals surface area contributed by atoms with Crippen molar-refractivity contribution in [2.24, 2.45) is 0 Å². The summed E-state index contributed by atoms with van der Waals surface area (Å²) >= 11 is 5.78. The number of methoxy groups -OCH3 is 2. The summed E-state index contributed by atoms with van der Waals surface area (Å²) in [6, 6.07) is 5.16. The number of benzene rings is 1. The maximum absolute atomic E-state index is 5.78. The smallest absolute Gasteiger partial charge is 0.328 e. The van der Waals surface area contributed by atoms with Crippen LogP contribution in [0.15, 0.2) is 18.2 Å². The Kier molecular flexibility index (Phi) is 4.41. The highest BCUT2D eigenvalue weighted by Crippen LogP contribution is 2.30. The van der Waals surface area contributed by atoms with Crippen LogP contribution in [0, 0.1) is 0 Å². The molecule has 0 bridgehead atoms. The lowest BCUT2D eigenvalue weighted by atomic mass is 10.3. The standard InChI is InChI=1S/C12H13ClN4O3/c1-14-11-15-10(13)16-12(17-11)20-9-5-7(18-2)4-8(6-9)19-3/h4-6H,1-3H3,(H,14,15,16,17). The van der Waals surface area contributed by atoms with Crippen molar-refractivity contribution < 1.29 is 14.2 Å². The minimum Gasteiger partial charge on any atom is -0.496 e. The third kappa shape index (κ3) is 3.39. The number of hydrogen-bond donors (Lipinski definition) is 1. The predicted octanol–water partition coefficient (Wildman–Crippen LogP) is 2.38. The highest BCUT2D eigenvalue weighted by molar-refractivity contribution is 6.28. The zero-order chi connectivity index (χ0) is 14.5. The van der Waals surface area contributed by atoms with E-state index in [1.165, 1.54) is 0 Å². The molecule has 0 amide bonds. The van der Waals surface area contributed by atoms with Gasteiger partial charge in [0, 0.05) is 25.2 Å². The third-order valence-corrected chi connectivity index (χ3v) is 2.51. The van der Waals surface area contributed by atoms with E-state index in [9.17, 15) is 0 Å². The van der Waals surface area contributed by atoms with E-state index < -0.39 is 0 Å². The molecule has 106 valence electrons. The van der Waals surface area contributed by atoms with Crippen LogP contribution in [-0.2, 0) is 0 Å². The molecule has 0 aliphatic heterocycles. The number of nitrogens with one attached hydrogen (secondary N) is 1. The maximum atomic E-state index is 5.78. The average molecular weight is 297 g/mol. The molecule has 0 aliphatic rings. The summed E-state index contributed by atoms with van der Waals surface area (Å²) in [5.41, 5.74) is 0. The monoisotopic (exact) mass is 296 g/mol. The molecule has 0 atom stereocenters. The van der Waals surface area contributed by atoms with E-state index in [4.69, 9.17) is 25.8 Å². The molecular weight excluding hydrogens is 284 g/mol. The van der Waals surface area contributed by atoms with Gasteiger partial charge in [-0.1, -0.05) is 0 Å². The first-order valence-electron chi connectivity index (χ1n) is 5.65. The van der Waals surface area contributed by atoms with Crippen molar-refractivity contribution in [2.75, 3.05) is 26.6 Å². The second kappa shape index (κ2) is 6.25. The molecular formula is C12H13ClN4O3. The van der Waals surface area contributed by atoms with Crippen molar-refractivity contribution in [3.05, 3.63) is 23.5 Å². The first-order valence-corrected chi connectivity index (χ1v) is 6.02. The molecule has 8 heteroatoms. The normalized spacial score (nSPS) is 10.0. The Bertz CT molecular complexity index is 587. The second-order valence-corrected chi connectivity index (χ2v) is 3.95. The van der Waals surface area contributed by atoms with Gasteiger partial charge in [-0.15, -0.1) is 0 Å². The summed E-state index contributed by atoms with van der Waals surface area (Å²) in [6.07, 6.45) is 0. The van der Waals surface area contributed by atoms with E-state index in [0.29, 0.717) is 23.2 Å². The van der Waals surface area contributed by atoms with Gasteiger partial charge >= 0.3 is 6.01 Å². The Labute approximate surface area is 120 Å². The highest BCUT2D eigenvalue weighted by atomic mass is 35.5. The number of halogens is 1. The number of rotatable bonds is 5. The number of anilines is 1. The van der Waals surface area contributed by atoms with Gasteiger partial charge in [0.15, 0.2) is 0 Å². The molecule has 2 aromatic rings. The van der Waals surface area contributed by atoms with Crippen molar-refractivity contribution in [3.63, 3.8) is 0 Å². The number of nitrogens with zero attached hydrogens (tertiary/aromatic N) is 3. The first-order chi connectivity index (χ1) is 9.64. The van der Waals surface area contributed by atoms with Gasteiger partial charge < -0.3 is 19.5 Å². The van der Waals surface area contributed by atoms with Crippen molar-refractivity contribution >= 4 is 17.5 Å². The molecule has 0 aliphatic carbocycles. The predicted molar refractivity (Wildman–Crippen MR) is 74.0 cm³/mol. The van der Waals surface area contributed by atoms with E-state index in [0.717, 1.165) is 0 Å². The number of ether oxygens (including phenoxy) is 3. The van der Waals surface area contributed by atoms with E-state index >= 15 is 0 Å². The molecule has 2 rings (SSSR count). The Morgan fingerprint density at radius 3 is 2.10 bits per heavy atom. The molecule has 20 heavy (non-hydrogen) atoms. The topological polar surface area (TPSA) is 78.4 Å². The fraction of sp³-hybridized carbons (Fsp3) is 0.250. The fourth-order valence-corrected chi connectivity index (χ4v) is 1.59. The molecule has 0 unspecified atom stereocenters. The van der Waals surface area contributed by atoms with Crippen LogP contribution in [0.2, 0.25) is 5.28 Å². The van der Waals surface area contributed by atoms with Gasteiger partial charge in [-0.05, 0) is 11.6 Å². The largest absolute Gasteiger partial charge is 0.496 e. The van der Waals surface area contributed by atoms with E-state index in [1.807, 2.05) is 0 Å². The summed E-state index contributed by atoms with van der Waals surface area (Å²) in [5.74, 6) is 1.96. The van der Waals surface area contributed by atoms with Crippen LogP contribution in [0.25, 0.3) is 0 Å². The summed E-state index contributed by atoms with van der Waals surface area (Å²) in [5, 5.41) is 2.80. The lowest BCUT2D eigenvalue weighted by Gasteiger charge is -2.09. The van der Waals surface area contributed by atoms with Gasteiger partial charge in [-0.25, -0.2) is 0 Å². The Morgan fingerprint density at radius 1 is 0.950 bits per heavy atom. The fourth-order valence-electron chi connectivity index (χ4n) is 1.44. The van der Waals surface area contributed by atoms with Crippen LogP contribution in [-0.4, -0.2) is 36.2 Å². The van der Waals surface area contributed by atoms with Crippen LogP contribution in [0.5, 0.6) is 23.3 Å². The van der Waals surface area contributed by atoms with Crippen LogP contribution < -0.4 is 19.5 Å². The molecule has 1 N–H and O–H groups in total. The van der Waals surface area contributed by atoms with E-state index in [2.05, 4.69) is 20.3 Å². The zero-order valence-electron chi connectivity index (χ0n) is 11.2. The molecule has 1 aromatic heterocycles. The minimum atomic E-state index is 0.0363. The second-order valence-electron chi connectivity index (χ2n) is 3.61. The molecule has 0 saturated heterocycles. The molecule has 0 radical (unpaired) electrons. The van der Waals surface area contributed by atoms with Crippen molar-refractivity contribution in [3.8, 4) is 23.3 Å². The van der Waals surface area contributed by atoms with Gasteiger partial charge in [0.05, 0.1) is 14.2 Å². The molecule has 0 fully saturated rings. The Balaban J connectivity index is 2.31. The first kappa shape index (κ1) is 14.1. The molecule has 7 nitrogen and oxygen atoms in total. The summed E-state index contributed by atoms with van der Waals surface area (Å²) in [4.78, 5) is 11.8. The molecule has 0 saturated carbocycles. The third-order valence-electron chi connectivity index (χ3n) is 2.35. The highest BCUT2D eigenvalue weighted by Gasteiger charge is 2.09. The van der Waals surface area contributed by atoms with Gasteiger partial charge in [-0.3, -0.25) is 0 Å². The lowest BCUT2D eigenvalue weighted by molar-refractivity contribution is 0.382. The summed E-state index contributed by atoms with van der Waals surface area (Å²) in [7, 11) is 4.78. The summed E-state index contributed by atoms with van der Waals surface area (Å²) in [6.45, 7) is 0. The van der Waals surface area contributed by atoms with Crippen molar-refractivity contribution in [1.29, 1.82) is 0 Å². The molecule has 0 spiro atoms. The quantitative estimate of drug-likeness (QED) is 0.907. The van der Waals surface area contributed by atoms with Crippen molar-refractivity contribution in [1.82, 2.24) is 15.0 Å². The molecule has 1 heterocycles. The van der Waals surface area contributed by atoms with Gasteiger partial charge in [0.2, 0.25) is 11.2 Å². The Morgan fingerprint density at radius 2 is 1.55 bits per heavy atom. The van der Waals surface area contributed by atoms with Crippen LogP contribution >= 0.6 is 11.6 Å². The van der Waals surface area contributed by atoms with Crippen molar-refractivity contribution in [2.45, 2.75) is 0 Å². The maximum Gasteiger partial charge on any atom is 0.328 e. The SMILES string of the molecule is CNc1nc(Cl)nc(Oc2cc(OC)cc(OC)c2)n1. The van der Waals surface area contributed by atoms with Crippen LogP contribution in [0.4, 0.5) is 5.95 Å². The zero-order valence-corrected chi connectivity index (χ0v) is 11.9. The summed E-state index contributed by atoms with van der Waals surface area (Å²) < 4.78 is 15.8. The average Bonchev–Trinajstić information content (AvgIpc) is 2.46. The van der Waals surface area contributed by atoms with Crippen LogP contribution in [0.1, 0.15) is 0 Å². The Hall–Kier alpha value is -2.28. The van der Waals surface area contributed by atoms with Crippen LogP contribution in [0.3, 0.4) is 0 Å².